The zero-order chi connectivity index (χ0) is 15.4. The Hall–Kier alpha value is -1.40. The second-order valence-corrected chi connectivity index (χ2v) is 6.77. The summed E-state index contributed by atoms with van der Waals surface area (Å²) in [5, 5.41) is 3.35. The summed E-state index contributed by atoms with van der Waals surface area (Å²) in [6.45, 7) is 5.84. The molecule has 1 fully saturated rings. The molecule has 3 rings (SSSR count). The van der Waals surface area contributed by atoms with Gasteiger partial charge in [-0.05, 0) is 25.1 Å². The van der Waals surface area contributed by atoms with Gasteiger partial charge in [0.15, 0.2) is 11.5 Å². The van der Waals surface area contributed by atoms with Gasteiger partial charge in [-0.2, -0.15) is 0 Å². The van der Waals surface area contributed by atoms with Gasteiger partial charge in [0.05, 0.1) is 0 Å². The molecule has 1 amide bonds. The van der Waals surface area contributed by atoms with Crippen LogP contribution in [0, 0.1) is 0 Å². The van der Waals surface area contributed by atoms with Crippen molar-refractivity contribution in [2.75, 3.05) is 38.6 Å². The number of nitrogens with zero attached hydrogens (tertiary/aromatic N) is 1. The van der Waals surface area contributed by atoms with Gasteiger partial charge in [0.1, 0.15) is 13.2 Å². The van der Waals surface area contributed by atoms with Gasteiger partial charge in [-0.3, -0.25) is 4.79 Å². The molecule has 0 aromatic heterocycles. The van der Waals surface area contributed by atoms with Gasteiger partial charge in [-0.1, -0.05) is 0 Å². The number of hydrogen-bond donors (Lipinski definition) is 1. The molecule has 0 spiro atoms. The fourth-order valence-corrected chi connectivity index (χ4v) is 3.55. The minimum atomic E-state index is 0.249. The van der Waals surface area contributed by atoms with Crippen molar-refractivity contribution in [1.82, 2.24) is 10.2 Å². The lowest BCUT2D eigenvalue weighted by atomic mass is 10.2. The number of nitrogens with one attached hydrogen (secondary N) is 1. The van der Waals surface area contributed by atoms with Gasteiger partial charge < -0.3 is 19.7 Å². The van der Waals surface area contributed by atoms with Crippen LogP contribution in [0.2, 0.25) is 0 Å². The van der Waals surface area contributed by atoms with Crippen molar-refractivity contribution in [2.24, 2.45) is 0 Å². The molecule has 1 unspecified atom stereocenters. The van der Waals surface area contributed by atoms with Gasteiger partial charge in [0.25, 0.3) is 0 Å². The number of thioether (sulfide) groups is 1. The zero-order valence-electron chi connectivity index (χ0n) is 12.8. The van der Waals surface area contributed by atoms with E-state index in [0.717, 1.165) is 41.8 Å². The minimum Gasteiger partial charge on any atom is -0.486 e. The molecule has 0 radical (unpaired) electrons. The van der Waals surface area contributed by atoms with Crippen LogP contribution < -0.4 is 14.8 Å². The Morgan fingerprint density at radius 1 is 1.36 bits per heavy atom. The standard InChI is InChI=1S/C16H22N2O3S/c1-12-11-18(6-5-17-12)16(19)4-9-22-13-2-3-14-15(10-13)21-8-7-20-14/h2-3,10,12,17H,4-9,11H2,1H3. The Kier molecular flexibility index (Phi) is 5.10. The van der Waals surface area contributed by atoms with Crippen molar-refractivity contribution >= 4 is 17.7 Å². The molecule has 0 bridgehead atoms. The molecule has 22 heavy (non-hydrogen) atoms. The molecule has 5 nitrogen and oxygen atoms in total. The Labute approximate surface area is 135 Å². The highest BCUT2D eigenvalue weighted by Crippen LogP contribution is 2.34. The number of rotatable bonds is 4. The molecule has 120 valence electrons. The Balaban J connectivity index is 1.47. The molecule has 1 aromatic rings. The monoisotopic (exact) mass is 322 g/mol. The second kappa shape index (κ2) is 7.24. The van der Waals surface area contributed by atoms with E-state index in [1.165, 1.54) is 0 Å². The summed E-state index contributed by atoms with van der Waals surface area (Å²) >= 11 is 1.69. The number of benzene rings is 1. The van der Waals surface area contributed by atoms with Crippen LogP contribution in [0.5, 0.6) is 11.5 Å². The number of carbonyl (C=O) groups is 1. The molecular formula is C16H22N2O3S. The van der Waals surface area contributed by atoms with Crippen LogP contribution in [0.4, 0.5) is 0 Å². The van der Waals surface area contributed by atoms with Crippen LogP contribution >= 0.6 is 11.8 Å². The van der Waals surface area contributed by atoms with E-state index < -0.39 is 0 Å². The Morgan fingerprint density at radius 2 is 2.18 bits per heavy atom. The number of ether oxygens (including phenoxy) is 2. The first-order chi connectivity index (χ1) is 10.7. The van der Waals surface area contributed by atoms with Crippen molar-refractivity contribution in [2.45, 2.75) is 24.3 Å². The lowest BCUT2D eigenvalue weighted by Crippen LogP contribution is -2.51. The van der Waals surface area contributed by atoms with Gasteiger partial charge in [-0.15, -0.1) is 11.8 Å². The summed E-state index contributed by atoms with van der Waals surface area (Å²) in [4.78, 5) is 15.3. The summed E-state index contributed by atoms with van der Waals surface area (Å²) in [6.07, 6.45) is 0.575. The summed E-state index contributed by atoms with van der Waals surface area (Å²) in [5.41, 5.74) is 0. The first kappa shape index (κ1) is 15.5. The van der Waals surface area contributed by atoms with Crippen LogP contribution in [0.3, 0.4) is 0 Å². The molecular weight excluding hydrogens is 300 g/mol. The largest absolute Gasteiger partial charge is 0.486 e. The molecule has 1 atom stereocenters. The van der Waals surface area contributed by atoms with Crippen molar-refractivity contribution in [3.8, 4) is 11.5 Å². The maximum Gasteiger partial charge on any atom is 0.223 e. The molecule has 2 heterocycles. The van der Waals surface area contributed by atoms with Gasteiger partial charge >= 0.3 is 0 Å². The molecule has 1 saturated heterocycles. The van der Waals surface area contributed by atoms with Crippen molar-refractivity contribution in [1.29, 1.82) is 0 Å². The summed E-state index contributed by atoms with van der Waals surface area (Å²) in [6, 6.07) is 6.35. The van der Waals surface area contributed by atoms with E-state index in [1.807, 2.05) is 23.1 Å². The number of carbonyl (C=O) groups excluding carboxylic acids is 1. The van der Waals surface area contributed by atoms with E-state index in [0.29, 0.717) is 25.7 Å². The highest BCUT2D eigenvalue weighted by atomic mass is 32.2. The first-order valence-electron chi connectivity index (χ1n) is 7.76. The maximum absolute atomic E-state index is 12.2. The third-order valence-corrected chi connectivity index (χ3v) is 4.82. The van der Waals surface area contributed by atoms with E-state index in [9.17, 15) is 4.79 Å². The molecule has 6 heteroatoms. The van der Waals surface area contributed by atoms with E-state index >= 15 is 0 Å². The van der Waals surface area contributed by atoms with Gasteiger partial charge in [0, 0.05) is 42.7 Å². The van der Waals surface area contributed by atoms with Gasteiger partial charge in [0.2, 0.25) is 5.91 Å². The Bertz CT molecular complexity index is 538. The first-order valence-corrected chi connectivity index (χ1v) is 8.74. The molecule has 2 aliphatic heterocycles. The summed E-state index contributed by atoms with van der Waals surface area (Å²) in [7, 11) is 0. The van der Waals surface area contributed by atoms with Crippen molar-refractivity contribution in [3.63, 3.8) is 0 Å². The number of fused-ring (bicyclic) bond motifs is 1. The van der Waals surface area contributed by atoms with E-state index in [-0.39, 0.29) is 5.91 Å². The molecule has 0 saturated carbocycles. The maximum atomic E-state index is 12.2. The summed E-state index contributed by atoms with van der Waals surface area (Å²) < 4.78 is 11.1. The smallest absolute Gasteiger partial charge is 0.223 e. The highest BCUT2D eigenvalue weighted by Gasteiger charge is 2.20. The second-order valence-electron chi connectivity index (χ2n) is 5.60. The zero-order valence-corrected chi connectivity index (χ0v) is 13.7. The number of hydrogen-bond acceptors (Lipinski definition) is 5. The third kappa shape index (κ3) is 3.87. The average molecular weight is 322 g/mol. The van der Waals surface area contributed by atoms with E-state index in [2.05, 4.69) is 12.2 Å². The molecule has 2 aliphatic rings. The molecule has 1 aromatic carbocycles. The van der Waals surface area contributed by atoms with Gasteiger partial charge in [-0.25, -0.2) is 0 Å². The van der Waals surface area contributed by atoms with Crippen LogP contribution in [-0.2, 0) is 4.79 Å². The van der Waals surface area contributed by atoms with E-state index in [4.69, 9.17) is 9.47 Å². The van der Waals surface area contributed by atoms with Crippen molar-refractivity contribution in [3.05, 3.63) is 18.2 Å². The van der Waals surface area contributed by atoms with E-state index in [1.54, 1.807) is 11.8 Å². The normalized spacial score (nSPS) is 20.8. The lowest BCUT2D eigenvalue weighted by Gasteiger charge is -2.32. The van der Waals surface area contributed by atoms with Crippen LogP contribution in [0.1, 0.15) is 13.3 Å². The number of piperazine rings is 1. The molecule has 1 N–H and O–H groups in total. The summed E-state index contributed by atoms with van der Waals surface area (Å²) in [5.74, 6) is 2.65. The quantitative estimate of drug-likeness (QED) is 0.856. The number of amides is 1. The SMILES string of the molecule is CC1CN(C(=O)CCSc2ccc3c(c2)OCCO3)CCN1. The fourth-order valence-electron chi connectivity index (χ4n) is 2.69. The van der Waals surface area contributed by atoms with Crippen LogP contribution in [-0.4, -0.2) is 55.4 Å². The molecule has 0 aliphatic carbocycles. The minimum absolute atomic E-state index is 0.249. The topological polar surface area (TPSA) is 50.8 Å². The third-order valence-electron chi connectivity index (χ3n) is 3.82. The predicted octanol–water partition coefficient (Wildman–Crippen LogP) is 1.76. The van der Waals surface area contributed by atoms with Crippen LogP contribution in [0.25, 0.3) is 0 Å². The average Bonchev–Trinajstić information content (AvgIpc) is 2.54. The Morgan fingerprint density at radius 3 is 3.00 bits per heavy atom. The fraction of sp³-hybridized carbons (Fsp3) is 0.562. The predicted molar refractivity (Wildman–Crippen MR) is 86.8 cm³/mol. The lowest BCUT2D eigenvalue weighted by molar-refractivity contribution is -0.131. The van der Waals surface area contributed by atoms with Crippen molar-refractivity contribution < 1.29 is 14.3 Å². The van der Waals surface area contributed by atoms with Crippen LogP contribution in [0.15, 0.2) is 23.1 Å². The highest BCUT2D eigenvalue weighted by molar-refractivity contribution is 7.99.